The van der Waals surface area contributed by atoms with Gasteiger partial charge in [0.05, 0.1) is 18.0 Å². The van der Waals surface area contributed by atoms with Gasteiger partial charge in [0.15, 0.2) is 0 Å². The van der Waals surface area contributed by atoms with Gasteiger partial charge in [-0.15, -0.1) is 11.3 Å². The Morgan fingerprint density at radius 2 is 1.85 bits per heavy atom. The van der Waals surface area contributed by atoms with Crippen molar-refractivity contribution in [3.05, 3.63) is 64.0 Å². The van der Waals surface area contributed by atoms with Gasteiger partial charge >= 0.3 is 0 Å². The zero-order valence-corrected chi connectivity index (χ0v) is 17.2. The first kappa shape index (κ1) is 19.1. The molecule has 0 spiro atoms. The number of hydrogen-bond acceptors (Lipinski definition) is 5. The Bertz CT molecular complexity index is 937. The first-order valence-corrected chi connectivity index (χ1v) is 9.90. The van der Waals surface area contributed by atoms with Crippen LogP contribution in [0.3, 0.4) is 0 Å². The molecule has 0 aliphatic heterocycles. The van der Waals surface area contributed by atoms with Crippen molar-refractivity contribution in [2.45, 2.75) is 40.7 Å². The second-order valence-electron chi connectivity index (χ2n) is 6.92. The summed E-state index contributed by atoms with van der Waals surface area (Å²) in [4.78, 5) is 4.69. The van der Waals surface area contributed by atoms with Gasteiger partial charge in [-0.05, 0) is 63.4 Å². The molecule has 0 aliphatic rings. The Hall–Kier alpha value is -2.66. The molecule has 0 unspecified atom stereocenters. The summed E-state index contributed by atoms with van der Waals surface area (Å²) in [5, 5.41) is 7.16. The monoisotopic (exact) mass is 379 g/mol. The number of ether oxygens (including phenoxy) is 1. The lowest BCUT2D eigenvalue weighted by Crippen LogP contribution is -2.05. The van der Waals surface area contributed by atoms with Crippen molar-refractivity contribution in [1.82, 2.24) is 4.98 Å². The van der Waals surface area contributed by atoms with E-state index in [9.17, 15) is 0 Å². The quantitative estimate of drug-likeness (QED) is 0.424. The second-order valence-corrected chi connectivity index (χ2v) is 7.78. The van der Waals surface area contributed by atoms with Gasteiger partial charge in [-0.1, -0.05) is 29.8 Å². The Morgan fingerprint density at radius 1 is 1.11 bits per heavy atom. The molecule has 5 heteroatoms. The number of aromatic nitrogens is 1. The lowest BCUT2D eigenvalue weighted by molar-refractivity contribution is 0.242. The molecule has 2 aromatic carbocycles. The van der Waals surface area contributed by atoms with Crippen LogP contribution >= 0.6 is 11.3 Å². The van der Waals surface area contributed by atoms with Crippen LogP contribution in [0.5, 0.6) is 5.75 Å². The lowest BCUT2D eigenvalue weighted by atomic mass is 9.98. The van der Waals surface area contributed by atoms with Crippen molar-refractivity contribution in [2.24, 2.45) is 5.10 Å². The van der Waals surface area contributed by atoms with Crippen molar-refractivity contribution in [3.8, 4) is 17.0 Å². The van der Waals surface area contributed by atoms with E-state index in [-0.39, 0.29) is 6.10 Å². The van der Waals surface area contributed by atoms with Crippen molar-refractivity contribution in [2.75, 3.05) is 5.43 Å². The summed E-state index contributed by atoms with van der Waals surface area (Å²) < 4.78 is 5.71. The maximum absolute atomic E-state index is 5.71. The summed E-state index contributed by atoms with van der Waals surface area (Å²) in [5.41, 5.74) is 9.96. The van der Waals surface area contributed by atoms with Crippen molar-refractivity contribution < 1.29 is 4.74 Å². The van der Waals surface area contributed by atoms with Crippen LogP contribution in [-0.4, -0.2) is 17.3 Å². The van der Waals surface area contributed by atoms with Crippen molar-refractivity contribution >= 4 is 22.7 Å². The summed E-state index contributed by atoms with van der Waals surface area (Å²) in [5.74, 6) is 0.843. The minimum Gasteiger partial charge on any atom is -0.491 e. The van der Waals surface area contributed by atoms with Crippen LogP contribution in [0.15, 0.2) is 46.9 Å². The van der Waals surface area contributed by atoms with E-state index in [1.54, 1.807) is 17.6 Å². The summed E-state index contributed by atoms with van der Waals surface area (Å²) in [6.45, 7) is 10.4. The zero-order valence-electron chi connectivity index (χ0n) is 16.4. The summed E-state index contributed by atoms with van der Waals surface area (Å²) in [6, 6.07) is 12.3. The Labute approximate surface area is 164 Å². The molecule has 0 aliphatic carbocycles. The highest BCUT2D eigenvalue weighted by Crippen LogP contribution is 2.31. The first-order valence-electron chi connectivity index (χ1n) is 9.02. The number of hydrazone groups is 1. The Morgan fingerprint density at radius 3 is 2.56 bits per heavy atom. The molecule has 0 radical (unpaired) electrons. The zero-order chi connectivity index (χ0) is 19.4. The number of aryl methyl sites for hydroxylation is 3. The number of nitrogens with zero attached hydrogens (tertiary/aromatic N) is 2. The number of rotatable bonds is 6. The van der Waals surface area contributed by atoms with Gasteiger partial charge in [0.1, 0.15) is 5.75 Å². The highest BCUT2D eigenvalue weighted by Gasteiger charge is 2.10. The highest BCUT2D eigenvalue weighted by molar-refractivity contribution is 7.14. The SMILES string of the molecule is Cc1cc(C)c(-c2csc(N/N=C\c3cccc(OC(C)C)c3)n2)c(C)c1. The van der Waals surface area contributed by atoms with Gasteiger partial charge < -0.3 is 4.74 Å². The molecule has 0 bridgehead atoms. The fourth-order valence-electron chi connectivity index (χ4n) is 3.13. The van der Waals surface area contributed by atoms with E-state index >= 15 is 0 Å². The highest BCUT2D eigenvalue weighted by atomic mass is 32.1. The lowest BCUT2D eigenvalue weighted by Gasteiger charge is -2.09. The van der Waals surface area contributed by atoms with Crippen LogP contribution in [-0.2, 0) is 0 Å². The molecule has 0 saturated carbocycles. The van der Waals surface area contributed by atoms with Crippen LogP contribution in [0.2, 0.25) is 0 Å². The van der Waals surface area contributed by atoms with Crippen LogP contribution in [0.1, 0.15) is 36.1 Å². The average molecular weight is 380 g/mol. The van der Waals surface area contributed by atoms with Gasteiger partial charge in [-0.3, -0.25) is 5.43 Å². The van der Waals surface area contributed by atoms with E-state index in [0.717, 1.165) is 22.1 Å². The van der Waals surface area contributed by atoms with E-state index in [0.29, 0.717) is 0 Å². The summed E-state index contributed by atoms with van der Waals surface area (Å²) in [6.07, 6.45) is 1.93. The minimum absolute atomic E-state index is 0.151. The van der Waals surface area contributed by atoms with Gasteiger partial charge in [0.2, 0.25) is 5.13 Å². The molecule has 0 atom stereocenters. The topological polar surface area (TPSA) is 46.5 Å². The largest absolute Gasteiger partial charge is 0.491 e. The maximum Gasteiger partial charge on any atom is 0.203 e. The number of benzene rings is 2. The summed E-state index contributed by atoms with van der Waals surface area (Å²) in [7, 11) is 0. The predicted octanol–water partition coefficient (Wildman–Crippen LogP) is 5.97. The van der Waals surface area contributed by atoms with Crippen LogP contribution < -0.4 is 10.2 Å². The molecule has 1 heterocycles. The maximum atomic E-state index is 5.71. The molecule has 3 rings (SSSR count). The molecule has 140 valence electrons. The molecule has 0 saturated heterocycles. The van der Waals surface area contributed by atoms with E-state index in [1.165, 1.54) is 22.3 Å². The molecule has 0 amide bonds. The molecular weight excluding hydrogens is 354 g/mol. The molecular formula is C22H25N3OS. The van der Waals surface area contributed by atoms with Crippen LogP contribution in [0.25, 0.3) is 11.3 Å². The summed E-state index contributed by atoms with van der Waals surface area (Å²) >= 11 is 1.55. The normalized spacial score (nSPS) is 11.3. The number of thiazole rings is 1. The van der Waals surface area contributed by atoms with Gasteiger partial charge in [0.25, 0.3) is 0 Å². The fraction of sp³-hybridized carbons (Fsp3) is 0.273. The number of anilines is 1. The Kier molecular flexibility index (Phi) is 5.91. The van der Waals surface area contributed by atoms with E-state index in [1.807, 2.05) is 38.1 Å². The molecule has 0 fully saturated rings. The van der Waals surface area contributed by atoms with Crippen molar-refractivity contribution in [3.63, 3.8) is 0 Å². The van der Waals surface area contributed by atoms with E-state index in [4.69, 9.17) is 4.74 Å². The van der Waals surface area contributed by atoms with E-state index < -0.39 is 0 Å². The standard InChI is InChI=1S/C22H25N3OS/c1-14(2)26-19-8-6-7-18(11-19)12-23-25-22-24-20(13-27-22)21-16(4)9-15(3)10-17(21)5/h6-14H,1-5H3,(H,24,25)/b23-12-. The second kappa shape index (κ2) is 8.35. The minimum atomic E-state index is 0.151. The van der Waals surface area contributed by atoms with Gasteiger partial charge in [0, 0.05) is 10.9 Å². The van der Waals surface area contributed by atoms with Gasteiger partial charge in [-0.2, -0.15) is 5.10 Å². The van der Waals surface area contributed by atoms with Crippen LogP contribution in [0, 0.1) is 20.8 Å². The van der Waals surface area contributed by atoms with E-state index in [2.05, 4.69) is 53.8 Å². The molecule has 4 nitrogen and oxygen atoms in total. The predicted molar refractivity (Wildman–Crippen MR) is 115 cm³/mol. The molecule has 27 heavy (non-hydrogen) atoms. The molecule has 1 aromatic heterocycles. The van der Waals surface area contributed by atoms with Crippen LogP contribution in [0.4, 0.5) is 5.13 Å². The smallest absolute Gasteiger partial charge is 0.203 e. The fourth-order valence-corrected chi connectivity index (χ4v) is 3.78. The third kappa shape index (κ3) is 4.95. The molecule has 1 N–H and O–H groups in total. The third-order valence-corrected chi connectivity index (χ3v) is 4.79. The average Bonchev–Trinajstić information content (AvgIpc) is 3.02. The number of nitrogens with one attached hydrogen (secondary N) is 1. The Balaban J connectivity index is 1.71. The molecule has 3 aromatic rings. The first-order chi connectivity index (χ1) is 12.9. The third-order valence-electron chi connectivity index (χ3n) is 4.04. The van der Waals surface area contributed by atoms with Crippen molar-refractivity contribution in [1.29, 1.82) is 0 Å². The number of hydrogen-bond donors (Lipinski definition) is 1. The van der Waals surface area contributed by atoms with Gasteiger partial charge in [-0.25, -0.2) is 4.98 Å².